The van der Waals surface area contributed by atoms with Gasteiger partial charge in [-0.1, -0.05) is 60.1 Å². The molecule has 7 aromatic rings. The topological polar surface area (TPSA) is 158 Å². The van der Waals surface area contributed by atoms with Gasteiger partial charge in [-0.25, -0.2) is 8.42 Å². The number of non-ortho nitro benzene ring substituents is 1. The number of nitrogens with one attached hydrogen (secondary N) is 1. The number of hydrogen-bond acceptors (Lipinski definition) is 7. The van der Waals surface area contributed by atoms with Gasteiger partial charge in [0.2, 0.25) is 0 Å². The van der Waals surface area contributed by atoms with Gasteiger partial charge in [-0.05, 0) is 99.0 Å². The Bertz CT molecular complexity index is 2720. The van der Waals surface area contributed by atoms with Crippen molar-refractivity contribution in [1.29, 1.82) is 0 Å². The number of nitrogens with two attached hydrogens (primary N) is 1. The summed E-state index contributed by atoms with van der Waals surface area (Å²) in [6.07, 6.45) is 0. The summed E-state index contributed by atoms with van der Waals surface area (Å²) in [5.74, 6) is 12.9. The Labute approximate surface area is 279 Å². The lowest BCUT2D eigenvalue weighted by molar-refractivity contribution is -0.396. The third kappa shape index (κ3) is 5.89. The summed E-state index contributed by atoms with van der Waals surface area (Å²) in [7, 11) is -4.44. The second kappa shape index (κ2) is 12.0. The van der Waals surface area contributed by atoms with Gasteiger partial charge < -0.3 is 5.73 Å². The Morgan fingerprint density at radius 2 is 1.10 bits per heavy atom. The molecule has 0 aliphatic rings. The van der Waals surface area contributed by atoms with Crippen molar-refractivity contribution in [3.05, 3.63) is 158 Å². The van der Waals surface area contributed by atoms with Crippen LogP contribution in [0.15, 0.2) is 120 Å². The maximum atomic E-state index is 13.0. The predicted molar refractivity (Wildman–Crippen MR) is 190 cm³/mol. The summed E-state index contributed by atoms with van der Waals surface area (Å²) in [6.45, 7) is 0. The summed E-state index contributed by atoms with van der Waals surface area (Å²) in [5, 5.41) is 28.9. The average Bonchev–Trinajstić information content (AvgIpc) is 3.10. The SMILES string of the molecule is Nc1ccc(C#Cc2ccc3ccc4ccc(C#Cc5ccc(NS(=O)(=O)c6ccc([N+](=O)[O-])cc6[N+](=O)[O-])cc5)c5ccc2c3c45)cc1. The van der Waals surface area contributed by atoms with Gasteiger partial charge in [0.1, 0.15) is 0 Å². The quantitative estimate of drug-likeness (QED) is 0.0632. The van der Waals surface area contributed by atoms with E-state index in [9.17, 15) is 28.6 Å². The van der Waals surface area contributed by atoms with E-state index in [-0.39, 0.29) is 5.69 Å². The number of nitro benzene ring substituents is 2. The molecule has 7 aromatic carbocycles. The highest BCUT2D eigenvalue weighted by atomic mass is 32.2. The van der Waals surface area contributed by atoms with E-state index in [1.54, 1.807) is 12.1 Å². The van der Waals surface area contributed by atoms with E-state index in [1.807, 2.05) is 42.5 Å². The molecule has 0 radical (unpaired) electrons. The molecule has 0 bridgehead atoms. The van der Waals surface area contributed by atoms with Crippen molar-refractivity contribution in [2.45, 2.75) is 4.90 Å². The number of nitrogens with zero attached hydrogens (tertiary/aromatic N) is 2. The standard InChI is InChI=1S/C38H22N4O6S/c39-30-15-3-24(4-16-30)1-7-26-9-11-28-13-14-29-12-10-27(34-21-20-33(26)37(28)38(29)34)8-2-25-5-17-31(18-6-25)40-49(47,48)36-22-19-32(41(43)44)23-35(36)42(45)46/h3-6,9-23,40H,39H2. The first-order valence-corrected chi connectivity index (χ1v) is 16.2. The van der Waals surface area contributed by atoms with Crippen LogP contribution in [-0.4, -0.2) is 18.3 Å². The molecule has 0 aromatic heterocycles. The third-order valence-corrected chi connectivity index (χ3v) is 9.46. The lowest BCUT2D eigenvalue weighted by Gasteiger charge is -2.13. The minimum absolute atomic E-state index is 0.135. The number of benzene rings is 7. The van der Waals surface area contributed by atoms with E-state index in [4.69, 9.17) is 5.73 Å². The number of nitrogen functional groups attached to an aromatic ring is 1. The summed E-state index contributed by atoms with van der Waals surface area (Å²) in [4.78, 5) is 20.0. The van der Waals surface area contributed by atoms with Crippen molar-refractivity contribution in [3.8, 4) is 23.7 Å². The smallest absolute Gasteiger partial charge is 0.296 e. The van der Waals surface area contributed by atoms with Gasteiger partial charge in [0.25, 0.3) is 21.4 Å². The fraction of sp³-hybridized carbons (Fsp3) is 0. The molecule has 11 heteroatoms. The first kappa shape index (κ1) is 30.7. The fourth-order valence-electron chi connectivity index (χ4n) is 5.69. The maximum absolute atomic E-state index is 13.0. The molecule has 0 aliphatic heterocycles. The van der Waals surface area contributed by atoms with Gasteiger partial charge in [-0.3, -0.25) is 25.0 Å². The van der Waals surface area contributed by atoms with Crippen molar-refractivity contribution < 1.29 is 18.3 Å². The normalized spacial score (nSPS) is 11.1. The number of hydrogen-bond donors (Lipinski definition) is 2. The Balaban J connectivity index is 1.19. The van der Waals surface area contributed by atoms with Crippen LogP contribution in [0.2, 0.25) is 0 Å². The van der Waals surface area contributed by atoms with Gasteiger partial charge in [0, 0.05) is 39.7 Å². The molecule has 0 amide bonds. The van der Waals surface area contributed by atoms with Crippen LogP contribution in [0.1, 0.15) is 22.3 Å². The van der Waals surface area contributed by atoms with Crippen molar-refractivity contribution >= 4 is 65.1 Å². The first-order valence-electron chi connectivity index (χ1n) is 14.7. The Hall–Kier alpha value is -6.95. The van der Waals surface area contributed by atoms with Crippen LogP contribution >= 0.6 is 0 Å². The average molecular weight is 663 g/mol. The first-order chi connectivity index (χ1) is 23.6. The van der Waals surface area contributed by atoms with Crippen molar-refractivity contribution in [1.82, 2.24) is 0 Å². The number of anilines is 2. The largest absolute Gasteiger partial charge is 0.399 e. The highest BCUT2D eigenvalue weighted by molar-refractivity contribution is 7.92. The maximum Gasteiger partial charge on any atom is 0.296 e. The minimum atomic E-state index is -4.44. The molecule has 0 saturated carbocycles. The fourth-order valence-corrected chi connectivity index (χ4v) is 6.90. The minimum Gasteiger partial charge on any atom is -0.399 e. The number of nitro groups is 2. The summed E-state index contributed by atoms with van der Waals surface area (Å²) in [6, 6.07) is 32.4. The van der Waals surface area contributed by atoms with Crippen molar-refractivity contribution in [3.63, 3.8) is 0 Å². The molecule has 0 aliphatic carbocycles. The molecule has 0 unspecified atom stereocenters. The van der Waals surface area contributed by atoms with Gasteiger partial charge >= 0.3 is 0 Å². The van der Waals surface area contributed by atoms with E-state index in [2.05, 4.69) is 58.7 Å². The van der Waals surface area contributed by atoms with Gasteiger partial charge in [0.05, 0.1) is 15.9 Å². The van der Waals surface area contributed by atoms with E-state index >= 15 is 0 Å². The zero-order valence-electron chi connectivity index (χ0n) is 25.3. The molecule has 0 saturated heterocycles. The van der Waals surface area contributed by atoms with Crippen LogP contribution in [0.5, 0.6) is 0 Å². The molecule has 49 heavy (non-hydrogen) atoms. The Morgan fingerprint density at radius 3 is 1.61 bits per heavy atom. The molecule has 0 heterocycles. The second-order valence-corrected chi connectivity index (χ2v) is 12.8. The van der Waals surface area contributed by atoms with E-state index in [0.29, 0.717) is 17.3 Å². The van der Waals surface area contributed by atoms with Crippen LogP contribution in [0.25, 0.3) is 32.3 Å². The van der Waals surface area contributed by atoms with Crippen molar-refractivity contribution in [2.24, 2.45) is 0 Å². The van der Waals surface area contributed by atoms with Gasteiger partial charge in [-0.2, -0.15) is 0 Å². The van der Waals surface area contributed by atoms with E-state index in [0.717, 1.165) is 61.1 Å². The zero-order chi connectivity index (χ0) is 34.3. The van der Waals surface area contributed by atoms with E-state index in [1.165, 1.54) is 12.1 Å². The second-order valence-electron chi connectivity index (χ2n) is 11.1. The molecular formula is C38H22N4O6S. The zero-order valence-corrected chi connectivity index (χ0v) is 26.1. The van der Waals surface area contributed by atoms with Crippen LogP contribution < -0.4 is 10.5 Å². The molecule has 3 N–H and O–H groups in total. The highest BCUT2D eigenvalue weighted by Gasteiger charge is 2.28. The number of rotatable bonds is 5. The van der Waals surface area contributed by atoms with Gasteiger partial charge in [0.15, 0.2) is 4.90 Å². The molecule has 0 atom stereocenters. The third-order valence-electron chi connectivity index (χ3n) is 8.03. The molecule has 0 fully saturated rings. The lowest BCUT2D eigenvalue weighted by Crippen LogP contribution is -2.15. The molecule has 10 nitrogen and oxygen atoms in total. The van der Waals surface area contributed by atoms with Crippen LogP contribution in [0.4, 0.5) is 22.7 Å². The molecule has 236 valence electrons. The lowest BCUT2D eigenvalue weighted by atomic mass is 9.90. The van der Waals surface area contributed by atoms with Crippen molar-refractivity contribution in [2.75, 3.05) is 10.5 Å². The predicted octanol–water partition coefficient (Wildman–Crippen LogP) is 7.58. The Morgan fingerprint density at radius 1 is 0.592 bits per heavy atom. The number of sulfonamides is 1. The van der Waals surface area contributed by atoms with Gasteiger partial charge in [-0.15, -0.1) is 0 Å². The molecule has 7 rings (SSSR count). The van der Waals surface area contributed by atoms with Crippen LogP contribution in [0.3, 0.4) is 0 Å². The summed E-state index contributed by atoms with van der Waals surface area (Å²) < 4.78 is 28.3. The molecular weight excluding hydrogens is 641 g/mol. The Kier molecular flexibility index (Phi) is 7.52. The van der Waals surface area contributed by atoms with Crippen LogP contribution in [0, 0.1) is 43.9 Å². The van der Waals surface area contributed by atoms with E-state index < -0.39 is 36.1 Å². The summed E-state index contributed by atoms with van der Waals surface area (Å²) in [5.41, 5.74) is 8.34. The highest BCUT2D eigenvalue weighted by Crippen LogP contribution is 2.37. The van der Waals surface area contributed by atoms with Crippen LogP contribution in [-0.2, 0) is 10.0 Å². The molecule has 0 spiro atoms. The monoisotopic (exact) mass is 662 g/mol. The summed E-state index contributed by atoms with van der Waals surface area (Å²) >= 11 is 0.